The Balaban J connectivity index is 4.00. The fraction of sp³-hybridized carbons (Fsp3) is 0.600. The van der Waals surface area contributed by atoms with Crippen LogP contribution in [0.25, 0.3) is 0 Å². The Morgan fingerprint density at radius 1 is 1.38 bits per heavy atom. The number of halogens is 3. The highest BCUT2D eigenvalue weighted by Gasteiger charge is 2.06. The average molecular weight is 141 g/mol. The molecule has 0 aromatic carbocycles. The van der Waals surface area contributed by atoms with Gasteiger partial charge in [-0.15, -0.1) is 0 Å². The summed E-state index contributed by atoms with van der Waals surface area (Å²) >= 11 is 4.66. The second-order valence-corrected chi connectivity index (χ2v) is 2.09. The quantitative estimate of drug-likeness (QED) is 0.525. The minimum atomic E-state index is -1.24. The van der Waals surface area contributed by atoms with Crippen LogP contribution in [0.2, 0.25) is 0 Å². The van der Waals surface area contributed by atoms with Crippen molar-refractivity contribution in [1.82, 2.24) is 0 Å². The predicted octanol–water partition coefficient (Wildman–Crippen LogP) is 2.99. The van der Waals surface area contributed by atoms with E-state index in [-0.39, 0.29) is 0 Å². The smallest absolute Gasteiger partial charge is 0.207 e. The standard InChI is InChI=1S/C5H7ClF2/c1-3(2)4(7)5(6)8/h3H,1-2H3/b5-4+. The molecule has 0 aliphatic heterocycles. The summed E-state index contributed by atoms with van der Waals surface area (Å²) in [5.41, 5.74) is 0. The Bertz CT molecular complexity index is 103. The molecule has 0 atom stereocenters. The largest absolute Gasteiger partial charge is 0.220 e. The number of rotatable bonds is 1. The molecule has 3 heteroatoms. The van der Waals surface area contributed by atoms with E-state index in [1.165, 1.54) is 13.8 Å². The number of allylic oxidation sites excluding steroid dienone is 1. The van der Waals surface area contributed by atoms with Gasteiger partial charge in [0, 0.05) is 5.92 Å². The molecule has 0 saturated heterocycles. The monoisotopic (exact) mass is 140 g/mol. The lowest BCUT2D eigenvalue weighted by atomic mass is 10.2. The van der Waals surface area contributed by atoms with E-state index in [0.717, 1.165) is 0 Å². The van der Waals surface area contributed by atoms with Crippen LogP contribution in [0.5, 0.6) is 0 Å². The van der Waals surface area contributed by atoms with Crippen molar-refractivity contribution in [3.63, 3.8) is 0 Å². The maximum atomic E-state index is 12.0. The van der Waals surface area contributed by atoms with E-state index in [2.05, 4.69) is 11.6 Å². The normalized spacial score (nSPS) is 14.2. The minimum Gasteiger partial charge on any atom is -0.207 e. The van der Waals surface area contributed by atoms with Gasteiger partial charge >= 0.3 is 0 Å². The summed E-state index contributed by atoms with van der Waals surface area (Å²) in [6.45, 7) is 3.05. The van der Waals surface area contributed by atoms with Gasteiger partial charge in [-0.3, -0.25) is 0 Å². The summed E-state index contributed by atoms with van der Waals surface area (Å²) in [5, 5.41) is -1.24. The van der Waals surface area contributed by atoms with E-state index in [0.29, 0.717) is 0 Å². The first kappa shape index (κ1) is 7.89. The van der Waals surface area contributed by atoms with Crippen LogP contribution in [0.4, 0.5) is 8.78 Å². The van der Waals surface area contributed by atoms with Crippen LogP contribution in [0, 0.1) is 5.92 Å². The summed E-state index contributed by atoms with van der Waals surface area (Å²) in [5.74, 6) is -1.33. The summed E-state index contributed by atoms with van der Waals surface area (Å²) in [6.07, 6.45) is 0. The number of hydrogen-bond donors (Lipinski definition) is 0. The van der Waals surface area contributed by atoms with Crippen LogP contribution in [-0.2, 0) is 0 Å². The number of hydrogen-bond acceptors (Lipinski definition) is 0. The van der Waals surface area contributed by atoms with Gasteiger partial charge in [0.25, 0.3) is 0 Å². The average Bonchev–Trinajstić information content (AvgIpc) is 1.64. The van der Waals surface area contributed by atoms with Crippen LogP contribution in [-0.4, -0.2) is 0 Å². The van der Waals surface area contributed by atoms with E-state index < -0.39 is 17.0 Å². The predicted molar refractivity (Wildman–Crippen MR) is 29.9 cm³/mol. The molecule has 0 bridgehead atoms. The van der Waals surface area contributed by atoms with Gasteiger partial charge < -0.3 is 0 Å². The molecule has 0 heterocycles. The fourth-order valence-electron chi connectivity index (χ4n) is 0.218. The van der Waals surface area contributed by atoms with Gasteiger partial charge in [-0.05, 0) is 11.6 Å². The Hall–Kier alpha value is -0.110. The van der Waals surface area contributed by atoms with E-state index in [4.69, 9.17) is 0 Å². The molecule has 8 heavy (non-hydrogen) atoms. The zero-order valence-corrected chi connectivity index (χ0v) is 5.47. The Kier molecular flexibility index (Phi) is 2.98. The molecule has 0 nitrogen and oxygen atoms in total. The molecular formula is C5H7ClF2. The first-order chi connectivity index (χ1) is 3.55. The highest BCUT2D eigenvalue weighted by atomic mass is 35.5. The van der Waals surface area contributed by atoms with Gasteiger partial charge in [0.05, 0.1) is 0 Å². The van der Waals surface area contributed by atoms with Gasteiger partial charge in [-0.1, -0.05) is 13.8 Å². The van der Waals surface area contributed by atoms with Gasteiger partial charge in [0.2, 0.25) is 5.29 Å². The van der Waals surface area contributed by atoms with Crippen LogP contribution in [0.15, 0.2) is 11.1 Å². The van der Waals surface area contributed by atoms with E-state index in [9.17, 15) is 8.78 Å². The zero-order chi connectivity index (χ0) is 6.73. The third-order valence-electron chi connectivity index (χ3n) is 0.687. The first-order valence-electron chi connectivity index (χ1n) is 2.26. The molecule has 0 unspecified atom stereocenters. The van der Waals surface area contributed by atoms with Gasteiger partial charge in [-0.25, -0.2) is 4.39 Å². The maximum Gasteiger partial charge on any atom is 0.220 e. The van der Waals surface area contributed by atoms with Crippen molar-refractivity contribution in [3.05, 3.63) is 11.1 Å². The van der Waals surface area contributed by atoms with Crippen LogP contribution >= 0.6 is 11.6 Å². The van der Waals surface area contributed by atoms with Gasteiger partial charge in [-0.2, -0.15) is 4.39 Å². The van der Waals surface area contributed by atoms with Crippen LogP contribution in [0.3, 0.4) is 0 Å². The third-order valence-corrected chi connectivity index (χ3v) is 0.868. The summed E-state index contributed by atoms with van der Waals surface area (Å²) in [4.78, 5) is 0. The molecule has 0 spiro atoms. The van der Waals surface area contributed by atoms with E-state index in [1.807, 2.05) is 0 Å². The van der Waals surface area contributed by atoms with Crippen molar-refractivity contribution in [2.75, 3.05) is 0 Å². The topological polar surface area (TPSA) is 0 Å². The molecule has 0 rings (SSSR count). The highest BCUT2D eigenvalue weighted by Crippen LogP contribution is 2.19. The molecule has 0 radical (unpaired) electrons. The Labute approximate surface area is 52.1 Å². The van der Waals surface area contributed by atoms with Crippen LogP contribution in [0.1, 0.15) is 13.8 Å². The van der Waals surface area contributed by atoms with Crippen molar-refractivity contribution in [3.8, 4) is 0 Å². The summed E-state index contributed by atoms with van der Waals surface area (Å²) in [6, 6.07) is 0. The van der Waals surface area contributed by atoms with E-state index >= 15 is 0 Å². The molecule has 48 valence electrons. The first-order valence-corrected chi connectivity index (χ1v) is 2.64. The Morgan fingerprint density at radius 3 is 1.75 bits per heavy atom. The van der Waals surface area contributed by atoms with Crippen molar-refractivity contribution in [1.29, 1.82) is 0 Å². The van der Waals surface area contributed by atoms with Crippen molar-refractivity contribution in [2.45, 2.75) is 13.8 Å². The lowest BCUT2D eigenvalue weighted by Crippen LogP contribution is -1.86. The van der Waals surface area contributed by atoms with Gasteiger partial charge in [0.15, 0.2) is 0 Å². The minimum absolute atomic E-state index is 0.451. The summed E-state index contributed by atoms with van der Waals surface area (Å²) in [7, 11) is 0. The van der Waals surface area contributed by atoms with Crippen molar-refractivity contribution < 1.29 is 8.78 Å². The summed E-state index contributed by atoms with van der Waals surface area (Å²) < 4.78 is 23.6. The molecule has 0 N–H and O–H groups in total. The zero-order valence-electron chi connectivity index (χ0n) is 4.71. The third kappa shape index (κ3) is 2.26. The van der Waals surface area contributed by atoms with Crippen molar-refractivity contribution >= 4 is 11.6 Å². The van der Waals surface area contributed by atoms with Crippen LogP contribution < -0.4 is 0 Å². The van der Waals surface area contributed by atoms with Gasteiger partial charge in [0.1, 0.15) is 5.83 Å². The molecular weight excluding hydrogens is 134 g/mol. The molecule has 0 aliphatic carbocycles. The fourth-order valence-corrected chi connectivity index (χ4v) is 0.436. The Morgan fingerprint density at radius 2 is 1.75 bits per heavy atom. The molecule has 0 aromatic rings. The lowest BCUT2D eigenvalue weighted by molar-refractivity contribution is 0.481. The second-order valence-electron chi connectivity index (χ2n) is 1.76. The lowest BCUT2D eigenvalue weighted by Gasteiger charge is -1.96. The van der Waals surface area contributed by atoms with Crippen molar-refractivity contribution in [2.24, 2.45) is 5.92 Å². The molecule has 0 saturated carbocycles. The molecule has 0 aromatic heterocycles. The molecule has 0 fully saturated rings. The highest BCUT2D eigenvalue weighted by molar-refractivity contribution is 6.28. The SMILES string of the molecule is CC(C)/C(F)=C(\F)Cl. The molecule has 0 aliphatic rings. The molecule has 0 amide bonds. The maximum absolute atomic E-state index is 12.0. The van der Waals surface area contributed by atoms with E-state index in [1.54, 1.807) is 0 Å². The second kappa shape index (κ2) is 3.02.